The lowest BCUT2D eigenvalue weighted by Crippen LogP contribution is -2.12. The van der Waals surface area contributed by atoms with Crippen molar-refractivity contribution in [3.05, 3.63) is 42.0 Å². The van der Waals surface area contributed by atoms with E-state index in [9.17, 15) is 4.79 Å². The van der Waals surface area contributed by atoms with Gasteiger partial charge in [-0.05, 0) is 37.5 Å². The molecule has 0 aliphatic rings. The monoisotopic (exact) mass is 262 g/mol. The van der Waals surface area contributed by atoms with E-state index in [1.807, 2.05) is 12.1 Å². The number of benzene rings is 1. The van der Waals surface area contributed by atoms with Crippen LogP contribution < -0.4 is 4.74 Å². The lowest BCUT2D eigenvalue weighted by Gasteiger charge is -2.08. The predicted molar refractivity (Wildman–Crippen MR) is 76.3 cm³/mol. The van der Waals surface area contributed by atoms with Crippen molar-refractivity contribution in [1.82, 2.24) is 0 Å². The quantitative estimate of drug-likeness (QED) is 0.408. The molecule has 0 aliphatic heterocycles. The summed E-state index contributed by atoms with van der Waals surface area (Å²) >= 11 is 0. The highest BCUT2D eigenvalue weighted by Crippen LogP contribution is 2.13. The van der Waals surface area contributed by atoms with Gasteiger partial charge in [0.15, 0.2) is 0 Å². The molecule has 1 rings (SSSR count). The van der Waals surface area contributed by atoms with Crippen LogP contribution in [0.4, 0.5) is 0 Å². The largest absolute Gasteiger partial charge is 0.490 e. The number of hydrogen-bond acceptors (Lipinski definition) is 3. The van der Waals surface area contributed by atoms with Crippen LogP contribution in [0.1, 0.15) is 32.3 Å². The number of carbonyl (C=O) groups is 1. The van der Waals surface area contributed by atoms with Crippen LogP contribution in [0.5, 0.6) is 5.75 Å². The van der Waals surface area contributed by atoms with E-state index in [4.69, 9.17) is 9.47 Å². The Morgan fingerprint density at radius 3 is 2.47 bits per heavy atom. The molecule has 3 heteroatoms. The summed E-state index contributed by atoms with van der Waals surface area (Å²) in [5, 5.41) is 0. The van der Waals surface area contributed by atoms with Gasteiger partial charge in [-0.1, -0.05) is 32.1 Å². The molecule has 0 aromatic heterocycles. The summed E-state index contributed by atoms with van der Waals surface area (Å²) in [5.41, 5.74) is 1.73. The SMILES string of the molecule is C=C(C)C(=O)OCCOc1ccc(CCCC)cc1. The van der Waals surface area contributed by atoms with Gasteiger partial charge < -0.3 is 9.47 Å². The Morgan fingerprint density at radius 1 is 1.21 bits per heavy atom. The van der Waals surface area contributed by atoms with E-state index in [2.05, 4.69) is 25.6 Å². The summed E-state index contributed by atoms with van der Waals surface area (Å²) in [6.45, 7) is 7.91. The van der Waals surface area contributed by atoms with Gasteiger partial charge in [0, 0.05) is 5.57 Å². The molecule has 0 heterocycles. The minimum Gasteiger partial charge on any atom is -0.490 e. The third-order valence-electron chi connectivity index (χ3n) is 2.68. The summed E-state index contributed by atoms with van der Waals surface area (Å²) in [7, 11) is 0. The molecule has 0 N–H and O–H groups in total. The second-order valence-electron chi connectivity index (χ2n) is 4.51. The van der Waals surface area contributed by atoms with Crippen molar-refractivity contribution in [3.8, 4) is 5.75 Å². The fraction of sp³-hybridized carbons (Fsp3) is 0.438. The van der Waals surface area contributed by atoms with Crippen LogP contribution in [0.3, 0.4) is 0 Å². The van der Waals surface area contributed by atoms with E-state index >= 15 is 0 Å². The second kappa shape index (κ2) is 8.35. The van der Waals surface area contributed by atoms with Crippen LogP contribution >= 0.6 is 0 Å². The molecule has 0 fully saturated rings. The van der Waals surface area contributed by atoms with E-state index < -0.39 is 0 Å². The Morgan fingerprint density at radius 2 is 1.89 bits per heavy atom. The average Bonchev–Trinajstić information content (AvgIpc) is 2.42. The number of rotatable bonds is 8. The number of esters is 1. The first-order valence-corrected chi connectivity index (χ1v) is 6.68. The number of hydrogen-bond donors (Lipinski definition) is 0. The lowest BCUT2D eigenvalue weighted by molar-refractivity contribution is -0.139. The van der Waals surface area contributed by atoms with Gasteiger partial charge in [0.1, 0.15) is 19.0 Å². The zero-order valence-electron chi connectivity index (χ0n) is 11.8. The molecule has 0 aliphatic carbocycles. The molecule has 0 unspecified atom stereocenters. The summed E-state index contributed by atoms with van der Waals surface area (Å²) in [5.74, 6) is 0.421. The molecular formula is C16H22O3. The van der Waals surface area contributed by atoms with Crippen molar-refractivity contribution in [2.24, 2.45) is 0 Å². The molecule has 0 saturated heterocycles. The Hall–Kier alpha value is -1.77. The molecule has 0 bridgehead atoms. The van der Waals surface area contributed by atoms with Gasteiger partial charge in [-0.2, -0.15) is 0 Å². The molecule has 1 aromatic carbocycles. The van der Waals surface area contributed by atoms with Gasteiger partial charge in [-0.3, -0.25) is 0 Å². The smallest absolute Gasteiger partial charge is 0.333 e. The topological polar surface area (TPSA) is 35.5 Å². The van der Waals surface area contributed by atoms with Crippen molar-refractivity contribution in [1.29, 1.82) is 0 Å². The summed E-state index contributed by atoms with van der Waals surface area (Å²) < 4.78 is 10.4. The first kappa shape index (κ1) is 15.3. The van der Waals surface area contributed by atoms with Crippen LogP contribution in [0.2, 0.25) is 0 Å². The minimum atomic E-state index is -0.376. The highest BCUT2D eigenvalue weighted by atomic mass is 16.6. The fourth-order valence-electron chi connectivity index (χ4n) is 1.55. The minimum absolute atomic E-state index is 0.239. The summed E-state index contributed by atoms with van der Waals surface area (Å²) in [6.07, 6.45) is 3.51. The number of ether oxygens (including phenoxy) is 2. The van der Waals surface area contributed by atoms with E-state index in [1.54, 1.807) is 6.92 Å². The van der Waals surface area contributed by atoms with Gasteiger partial charge in [0.25, 0.3) is 0 Å². The van der Waals surface area contributed by atoms with Gasteiger partial charge >= 0.3 is 5.97 Å². The van der Waals surface area contributed by atoms with Crippen LogP contribution in [0.15, 0.2) is 36.4 Å². The third-order valence-corrected chi connectivity index (χ3v) is 2.68. The van der Waals surface area contributed by atoms with Crippen molar-refractivity contribution < 1.29 is 14.3 Å². The van der Waals surface area contributed by atoms with Gasteiger partial charge in [-0.15, -0.1) is 0 Å². The lowest BCUT2D eigenvalue weighted by atomic mass is 10.1. The van der Waals surface area contributed by atoms with E-state index in [0.717, 1.165) is 12.2 Å². The maximum atomic E-state index is 11.1. The van der Waals surface area contributed by atoms with E-state index in [-0.39, 0.29) is 12.6 Å². The predicted octanol–water partition coefficient (Wildman–Crippen LogP) is 3.53. The average molecular weight is 262 g/mol. The number of aryl methyl sites for hydroxylation is 1. The van der Waals surface area contributed by atoms with E-state index in [1.165, 1.54) is 18.4 Å². The Labute approximate surface area is 115 Å². The Kier molecular flexibility index (Phi) is 6.72. The zero-order chi connectivity index (χ0) is 14.1. The van der Waals surface area contributed by atoms with Crippen molar-refractivity contribution >= 4 is 5.97 Å². The molecule has 1 aromatic rings. The van der Waals surface area contributed by atoms with E-state index in [0.29, 0.717) is 12.2 Å². The molecule has 0 saturated carbocycles. The van der Waals surface area contributed by atoms with Crippen LogP contribution in [0, 0.1) is 0 Å². The number of unbranched alkanes of at least 4 members (excludes halogenated alkanes) is 1. The first-order valence-electron chi connectivity index (χ1n) is 6.68. The normalized spacial score (nSPS) is 10.0. The molecular weight excluding hydrogens is 240 g/mol. The van der Waals surface area contributed by atoms with Crippen molar-refractivity contribution in [3.63, 3.8) is 0 Å². The van der Waals surface area contributed by atoms with Crippen LogP contribution in [-0.4, -0.2) is 19.2 Å². The second-order valence-corrected chi connectivity index (χ2v) is 4.51. The zero-order valence-corrected chi connectivity index (χ0v) is 11.8. The third kappa shape index (κ3) is 6.09. The maximum Gasteiger partial charge on any atom is 0.333 e. The molecule has 0 atom stereocenters. The maximum absolute atomic E-state index is 11.1. The molecule has 0 spiro atoms. The van der Waals surface area contributed by atoms with Gasteiger partial charge in [0.2, 0.25) is 0 Å². The Balaban J connectivity index is 2.26. The molecule has 104 valence electrons. The fourth-order valence-corrected chi connectivity index (χ4v) is 1.55. The summed E-state index contributed by atoms with van der Waals surface area (Å²) in [6, 6.07) is 8.05. The molecule has 0 radical (unpaired) electrons. The van der Waals surface area contributed by atoms with Gasteiger partial charge in [-0.25, -0.2) is 4.79 Å². The number of carbonyl (C=O) groups excluding carboxylic acids is 1. The highest BCUT2D eigenvalue weighted by molar-refractivity contribution is 5.86. The van der Waals surface area contributed by atoms with Crippen molar-refractivity contribution in [2.75, 3.05) is 13.2 Å². The van der Waals surface area contributed by atoms with Gasteiger partial charge in [0.05, 0.1) is 0 Å². The molecule has 3 nitrogen and oxygen atoms in total. The molecule has 19 heavy (non-hydrogen) atoms. The standard InChI is InChI=1S/C16H22O3/c1-4-5-6-14-7-9-15(10-8-14)18-11-12-19-16(17)13(2)3/h7-10H,2,4-6,11-12H2,1,3H3. The first-order chi connectivity index (χ1) is 9.13. The van der Waals surface area contributed by atoms with Crippen molar-refractivity contribution in [2.45, 2.75) is 33.1 Å². The van der Waals surface area contributed by atoms with Crippen LogP contribution in [-0.2, 0) is 16.0 Å². The van der Waals surface area contributed by atoms with Crippen LogP contribution in [0.25, 0.3) is 0 Å². The molecule has 0 amide bonds. The Bertz CT molecular complexity index is 407. The summed E-state index contributed by atoms with van der Waals surface area (Å²) in [4.78, 5) is 11.1. The highest BCUT2D eigenvalue weighted by Gasteiger charge is 2.02.